The highest BCUT2D eigenvalue weighted by Gasteiger charge is 2.01. The Labute approximate surface area is 87.6 Å². The molecule has 0 amide bonds. The molecule has 1 nitrogen and oxygen atoms in total. The molecule has 1 aromatic carbocycles. The lowest BCUT2D eigenvalue weighted by atomic mass is 10.1. The van der Waals surface area contributed by atoms with E-state index in [1.54, 1.807) is 18.2 Å². The standard InChI is InChI=1S/C10H10Cl2O/c1-7(4-5-13)9-3-2-8(11)6-10(9)12/h2-4,6,13H,5H2,1H3/b7-4+. The average molecular weight is 217 g/mol. The van der Waals surface area contributed by atoms with Crippen LogP contribution in [0.15, 0.2) is 24.3 Å². The predicted octanol–water partition coefficient (Wildman–Crippen LogP) is 3.39. The number of benzene rings is 1. The maximum atomic E-state index is 8.70. The minimum atomic E-state index is 0.0186. The van der Waals surface area contributed by atoms with Gasteiger partial charge in [0.05, 0.1) is 6.61 Å². The summed E-state index contributed by atoms with van der Waals surface area (Å²) in [5.41, 5.74) is 1.85. The highest BCUT2D eigenvalue weighted by molar-refractivity contribution is 6.35. The normalized spacial score (nSPS) is 11.8. The zero-order chi connectivity index (χ0) is 9.84. The first-order chi connectivity index (χ1) is 6.15. The second-order valence-corrected chi connectivity index (χ2v) is 3.54. The van der Waals surface area contributed by atoms with Gasteiger partial charge >= 0.3 is 0 Å². The first kappa shape index (κ1) is 10.6. The van der Waals surface area contributed by atoms with Crippen LogP contribution in [-0.4, -0.2) is 11.7 Å². The lowest BCUT2D eigenvalue weighted by Crippen LogP contribution is -1.84. The Bertz CT molecular complexity index is 332. The molecular formula is C10H10Cl2O. The Balaban J connectivity index is 3.09. The highest BCUT2D eigenvalue weighted by atomic mass is 35.5. The van der Waals surface area contributed by atoms with E-state index in [1.807, 2.05) is 13.0 Å². The van der Waals surface area contributed by atoms with Gasteiger partial charge in [0.25, 0.3) is 0 Å². The summed E-state index contributed by atoms with van der Waals surface area (Å²) >= 11 is 11.7. The van der Waals surface area contributed by atoms with Crippen LogP contribution >= 0.6 is 23.2 Å². The van der Waals surface area contributed by atoms with Crippen molar-refractivity contribution in [3.63, 3.8) is 0 Å². The third-order valence-corrected chi connectivity index (χ3v) is 2.30. The van der Waals surface area contributed by atoms with Gasteiger partial charge in [0.2, 0.25) is 0 Å². The molecule has 0 saturated heterocycles. The fraction of sp³-hybridized carbons (Fsp3) is 0.200. The molecule has 70 valence electrons. The second kappa shape index (κ2) is 4.66. The molecule has 0 aliphatic heterocycles. The van der Waals surface area contributed by atoms with E-state index in [2.05, 4.69) is 0 Å². The van der Waals surface area contributed by atoms with Crippen molar-refractivity contribution in [1.29, 1.82) is 0 Å². The van der Waals surface area contributed by atoms with Crippen molar-refractivity contribution in [3.8, 4) is 0 Å². The van der Waals surface area contributed by atoms with Crippen LogP contribution in [0.1, 0.15) is 12.5 Å². The van der Waals surface area contributed by atoms with Crippen LogP contribution in [0.3, 0.4) is 0 Å². The van der Waals surface area contributed by atoms with Gasteiger partial charge in [-0.1, -0.05) is 35.3 Å². The Morgan fingerprint density at radius 3 is 2.69 bits per heavy atom. The number of aliphatic hydroxyl groups is 1. The largest absolute Gasteiger partial charge is 0.392 e. The van der Waals surface area contributed by atoms with Crippen LogP contribution < -0.4 is 0 Å². The van der Waals surface area contributed by atoms with E-state index in [-0.39, 0.29) is 6.61 Å². The molecule has 0 fully saturated rings. The van der Waals surface area contributed by atoms with Gasteiger partial charge in [0.1, 0.15) is 0 Å². The molecule has 0 atom stereocenters. The van der Waals surface area contributed by atoms with Crippen molar-refractivity contribution in [2.24, 2.45) is 0 Å². The van der Waals surface area contributed by atoms with Crippen molar-refractivity contribution in [2.45, 2.75) is 6.92 Å². The van der Waals surface area contributed by atoms with E-state index >= 15 is 0 Å². The summed E-state index contributed by atoms with van der Waals surface area (Å²) < 4.78 is 0. The Morgan fingerprint density at radius 2 is 2.15 bits per heavy atom. The molecule has 0 saturated carbocycles. The van der Waals surface area contributed by atoms with Crippen LogP contribution in [0.4, 0.5) is 0 Å². The molecule has 3 heteroatoms. The summed E-state index contributed by atoms with van der Waals surface area (Å²) in [6.07, 6.45) is 1.70. The summed E-state index contributed by atoms with van der Waals surface area (Å²) in [7, 11) is 0. The minimum absolute atomic E-state index is 0.0186. The fourth-order valence-corrected chi connectivity index (χ4v) is 1.61. The molecule has 0 aliphatic rings. The van der Waals surface area contributed by atoms with Crippen molar-refractivity contribution < 1.29 is 5.11 Å². The van der Waals surface area contributed by atoms with E-state index in [1.165, 1.54) is 0 Å². The number of hydrogen-bond donors (Lipinski definition) is 1. The Hall–Kier alpha value is -0.500. The van der Waals surface area contributed by atoms with Gasteiger partial charge in [-0.3, -0.25) is 0 Å². The fourth-order valence-electron chi connectivity index (χ4n) is 1.06. The maximum Gasteiger partial charge on any atom is 0.0618 e. The van der Waals surface area contributed by atoms with Gasteiger partial charge in [0.15, 0.2) is 0 Å². The lowest BCUT2D eigenvalue weighted by molar-refractivity contribution is 0.343. The highest BCUT2D eigenvalue weighted by Crippen LogP contribution is 2.26. The van der Waals surface area contributed by atoms with Crippen LogP contribution in [0.5, 0.6) is 0 Å². The molecule has 0 bridgehead atoms. The van der Waals surface area contributed by atoms with E-state index in [0.717, 1.165) is 11.1 Å². The van der Waals surface area contributed by atoms with Crippen LogP contribution in [0.25, 0.3) is 5.57 Å². The van der Waals surface area contributed by atoms with E-state index in [9.17, 15) is 0 Å². The van der Waals surface area contributed by atoms with Crippen LogP contribution in [-0.2, 0) is 0 Å². The maximum absolute atomic E-state index is 8.70. The quantitative estimate of drug-likeness (QED) is 0.804. The average Bonchev–Trinajstić information content (AvgIpc) is 2.04. The van der Waals surface area contributed by atoms with Crippen molar-refractivity contribution in [3.05, 3.63) is 39.9 Å². The summed E-state index contributed by atoms with van der Waals surface area (Å²) in [6.45, 7) is 1.91. The van der Waals surface area contributed by atoms with Crippen LogP contribution in [0.2, 0.25) is 10.0 Å². The molecule has 13 heavy (non-hydrogen) atoms. The minimum Gasteiger partial charge on any atom is -0.392 e. The number of aliphatic hydroxyl groups excluding tert-OH is 1. The summed E-state index contributed by atoms with van der Waals surface area (Å²) in [6, 6.07) is 5.30. The second-order valence-electron chi connectivity index (χ2n) is 2.69. The molecule has 0 aromatic heterocycles. The third-order valence-electron chi connectivity index (χ3n) is 1.75. The smallest absolute Gasteiger partial charge is 0.0618 e. The molecule has 0 unspecified atom stereocenters. The van der Waals surface area contributed by atoms with E-state index in [4.69, 9.17) is 28.3 Å². The molecule has 1 rings (SSSR count). The zero-order valence-corrected chi connectivity index (χ0v) is 8.73. The van der Waals surface area contributed by atoms with Gasteiger partial charge in [-0.2, -0.15) is 0 Å². The van der Waals surface area contributed by atoms with Crippen molar-refractivity contribution in [2.75, 3.05) is 6.61 Å². The molecular weight excluding hydrogens is 207 g/mol. The van der Waals surface area contributed by atoms with Crippen LogP contribution in [0, 0.1) is 0 Å². The van der Waals surface area contributed by atoms with Gasteiger partial charge in [-0.05, 0) is 30.2 Å². The van der Waals surface area contributed by atoms with E-state index < -0.39 is 0 Å². The first-order valence-corrected chi connectivity index (χ1v) is 4.64. The summed E-state index contributed by atoms with van der Waals surface area (Å²) in [5.74, 6) is 0. The number of hydrogen-bond acceptors (Lipinski definition) is 1. The molecule has 0 spiro atoms. The van der Waals surface area contributed by atoms with Gasteiger partial charge in [-0.25, -0.2) is 0 Å². The summed E-state index contributed by atoms with van der Waals surface area (Å²) in [4.78, 5) is 0. The lowest BCUT2D eigenvalue weighted by Gasteiger charge is -2.04. The number of halogens is 2. The van der Waals surface area contributed by atoms with E-state index in [0.29, 0.717) is 10.0 Å². The van der Waals surface area contributed by atoms with Gasteiger partial charge in [0, 0.05) is 10.0 Å². The predicted molar refractivity (Wildman–Crippen MR) is 57.2 cm³/mol. The monoisotopic (exact) mass is 216 g/mol. The van der Waals surface area contributed by atoms with Gasteiger partial charge in [-0.15, -0.1) is 0 Å². The topological polar surface area (TPSA) is 20.2 Å². The number of allylic oxidation sites excluding steroid dienone is 1. The molecule has 0 heterocycles. The summed E-state index contributed by atoms with van der Waals surface area (Å²) in [5, 5.41) is 9.92. The molecule has 1 N–H and O–H groups in total. The first-order valence-electron chi connectivity index (χ1n) is 3.88. The third kappa shape index (κ3) is 2.73. The van der Waals surface area contributed by atoms with Crippen molar-refractivity contribution in [1.82, 2.24) is 0 Å². The molecule has 1 aromatic rings. The van der Waals surface area contributed by atoms with Crippen molar-refractivity contribution >= 4 is 28.8 Å². The Kier molecular flexibility index (Phi) is 3.79. The van der Waals surface area contributed by atoms with Gasteiger partial charge < -0.3 is 5.11 Å². The molecule has 0 radical (unpaired) electrons. The zero-order valence-electron chi connectivity index (χ0n) is 7.22. The Morgan fingerprint density at radius 1 is 1.46 bits per heavy atom. The SMILES string of the molecule is C/C(=C\CO)c1ccc(Cl)cc1Cl. The molecule has 0 aliphatic carbocycles. The number of rotatable bonds is 2.